The van der Waals surface area contributed by atoms with Gasteiger partial charge in [-0.15, -0.1) is 0 Å². The van der Waals surface area contributed by atoms with E-state index in [0.29, 0.717) is 13.0 Å². The molecule has 0 aliphatic rings. The zero-order chi connectivity index (χ0) is 19.1. The number of carbonyl (C=O) groups is 1. The molecule has 0 amide bonds. The molecule has 0 fully saturated rings. The molecule has 1 unspecified atom stereocenters. The second-order valence-electron chi connectivity index (χ2n) is 6.72. The minimum absolute atomic E-state index is 0.1000. The predicted molar refractivity (Wildman–Crippen MR) is 106 cm³/mol. The van der Waals surface area contributed by atoms with Gasteiger partial charge in [-0.2, -0.15) is 5.10 Å². The van der Waals surface area contributed by atoms with Crippen LogP contribution in [0.1, 0.15) is 29.7 Å². The summed E-state index contributed by atoms with van der Waals surface area (Å²) in [6.07, 6.45) is 3.59. The number of aliphatic carboxylic acids is 1. The normalized spacial score (nSPS) is 12.0. The molecular weight excluding hydrogens is 338 g/mol. The summed E-state index contributed by atoms with van der Waals surface area (Å²) in [6, 6.07) is 20.3. The third kappa shape index (κ3) is 5.53. The molecule has 0 spiro atoms. The van der Waals surface area contributed by atoms with Crippen molar-refractivity contribution < 1.29 is 9.90 Å². The number of carboxylic acid groups (broad SMARTS) is 1. The van der Waals surface area contributed by atoms with Crippen LogP contribution in [0.4, 0.5) is 0 Å². The Labute approximate surface area is 159 Å². The van der Waals surface area contributed by atoms with Crippen LogP contribution in [0.15, 0.2) is 66.9 Å². The van der Waals surface area contributed by atoms with Crippen LogP contribution < -0.4 is 5.32 Å². The van der Waals surface area contributed by atoms with Gasteiger partial charge in [-0.05, 0) is 37.5 Å². The fraction of sp³-hybridized carbons (Fsp3) is 0.273. The van der Waals surface area contributed by atoms with Crippen LogP contribution in [-0.4, -0.2) is 26.9 Å². The number of benzene rings is 2. The monoisotopic (exact) mass is 363 g/mol. The Morgan fingerprint density at radius 3 is 2.44 bits per heavy atom. The van der Waals surface area contributed by atoms with Crippen molar-refractivity contribution in [3.8, 4) is 5.69 Å². The highest BCUT2D eigenvalue weighted by Gasteiger charge is 2.13. The fourth-order valence-electron chi connectivity index (χ4n) is 3.11. The highest BCUT2D eigenvalue weighted by molar-refractivity contribution is 5.66. The zero-order valence-corrected chi connectivity index (χ0v) is 15.5. The molecule has 27 heavy (non-hydrogen) atoms. The molecule has 1 aromatic heterocycles. The van der Waals surface area contributed by atoms with Gasteiger partial charge in [0.25, 0.3) is 0 Å². The van der Waals surface area contributed by atoms with Gasteiger partial charge in [0.15, 0.2) is 0 Å². The molecule has 3 aromatic rings. The molecule has 0 aliphatic heterocycles. The van der Waals surface area contributed by atoms with Gasteiger partial charge in [0, 0.05) is 30.8 Å². The second-order valence-corrected chi connectivity index (χ2v) is 6.72. The van der Waals surface area contributed by atoms with Gasteiger partial charge in [-0.25, -0.2) is 4.68 Å². The summed E-state index contributed by atoms with van der Waals surface area (Å²) in [6.45, 7) is 2.66. The van der Waals surface area contributed by atoms with E-state index in [1.54, 1.807) is 0 Å². The van der Waals surface area contributed by atoms with E-state index >= 15 is 0 Å². The van der Waals surface area contributed by atoms with E-state index < -0.39 is 5.97 Å². The molecule has 0 bridgehead atoms. The molecule has 0 saturated heterocycles. The van der Waals surface area contributed by atoms with Crippen molar-refractivity contribution >= 4 is 5.97 Å². The van der Waals surface area contributed by atoms with Crippen molar-refractivity contribution in [2.24, 2.45) is 0 Å². The van der Waals surface area contributed by atoms with Crippen molar-refractivity contribution in [3.63, 3.8) is 0 Å². The summed E-state index contributed by atoms with van der Waals surface area (Å²) >= 11 is 0. The van der Waals surface area contributed by atoms with Gasteiger partial charge in [0.05, 0.1) is 11.4 Å². The summed E-state index contributed by atoms with van der Waals surface area (Å²) in [5, 5.41) is 17.2. The Kier molecular flexibility index (Phi) is 6.39. The molecule has 2 N–H and O–H groups in total. The topological polar surface area (TPSA) is 67.2 Å². The van der Waals surface area contributed by atoms with Crippen molar-refractivity contribution in [3.05, 3.63) is 83.7 Å². The predicted octanol–water partition coefficient (Wildman–Crippen LogP) is 3.75. The van der Waals surface area contributed by atoms with E-state index in [9.17, 15) is 4.79 Å². The van der Waals surface area contributed by atoms with Crippen molar-refractivity contribution in [1.82, 2.24) is 15.1 Å². The standard InChI is InChI=1S/C22H25N3O2/c1-17-19(16-25(24-17)21-10-6-3-7-11-21)15-23-20(12-13-22(26)27)14-18-8-4-2-5-9-18/h2-11,16,20,23H,12-15H2,1H3,(H,26,27). The van der Waals surface area contributed by atoms with Gasteiger partial charge >= 0.3 is 5.97 Å². The molecule has 5 heteroatoms. The van der Waals surface area contributed by atoms with E-state index in [4.69, 9.17) is 5.11 Å². The summed E-state index contributed by atoms with van der Waals surface area (Å²) in [5.41, 5.74) is 4.32. The molecule has 0 aliphatic carbocycles. The van der Waals surface area contributed by atoms with Crippen molar-refractivity contribution in [2.75, 3.05) is 0 Å². The quantitative estimate of drug-likeness (QED) is 0.608. The Bertz CT molecular complexity index is 860. The summed E-state index contributed by atoms with van der Waals surface area (Å²) < 4.78 is 1.88. The number of para-hydroxylation sites is 1. The molecule has 0 saturated carbocycles. The van der Waals surface area contributed by atoms with Gasteiger partial charge in [0.1, 0.15) is 0 Å². The number of rotatable bonds is 9. The zero-order valence-electron chi connectivity index (χ0n) is 15.5. The average molecular weight is 363 g/mol. The van der Waals surface area contributed by atoms with Crippen LogP contribution in [0.2, 0.25) is 0 Å². The first-order chi connectivity index (χ1) is 13.1. The summed E-state index contributed by atoms with van der Waals surface area (Å²) in [4.78, 5) is 11.0. The lowest BCUT2D eigenvalue weighted by molar-refractivity contribution is -0.137. The lowest BCUT2D eigenvalue weighted by atomic mass is 10.0. The molecule has 140 valence electrons. The number of hydrogen-bond acceptors (Lipinski definition) is 3. The third-order valence-electron chi connectivity index (χ3n) is 4.63. The number of nitrogens with one attached hydrogen (secondary N) is 1. The summed E-state index contributed by atoms with van der Waals surface area (Å²) in [5.74, 6) is -0.761. The first kappa shape index (κ1) is 18.9. The lowest BCUT2D eigenvalue weighted by Gasteiger charge is -2.18. The number of carboxylic acids is 1. The van der Waals surface area contributed by atoms with Gasteiger partial charge in [-0.3, -0.25) is 4.79 Å². The van der Waals surface area contributed by atoms with Crippen molar-refractivity contribution in [2.45, 2.75) is 38.8 Å². The minimum atomic E-state index is -0.761. The van der Waals surface area contributed by atoms with E-state index in [1.807, 2.05) is 66.3 Å². The van der Waals surface area contributed by atoms with Gasteiger partial charge in [-0.1, -0.05) is 48.5 Å². The maximum absolute atomic E-state index is 11.0. The first-order valence-corrected chi connectivity index (χ1v) is 9.21. The molecule has 1 atom stereocenters. The number of aryl methyl sites for hydroxylation is 1. The smallest absolute Gasteiger partial charge is 0.303 e. The lowest BCUT2D eigenvalue weighted by Crippen LogP contribution is -2.31. The largest absolute Gasteiger partial charge is 0.481 e. The highest BCUT2D eigenvalue weighted by atomic mass is 16.4. The molecule has 3 rings (SSSR count). The molecule has 5 nitrogen and oxygen atoms in total. The van der Waals surface area contributed by atoms with Crippen LogP contribution >= 0.6 is 0 Å². The molecular formula is C22H25N3O2. The molecule has 0 radical (unpaired) electrons. The fourth-order valence-corrected chi connectivity index (χ4v) is 3.11. The van der Waals surface area contributed by atoms with E-state index in [0.717, 1.165) is 23.4 Å². The molecule has 2 aromatic carbocycles. The van der Waals surface area contributed by atoms with Gasteiger partial charge < -0.3 is 10.4 Å². The van der Waals surface area contributed by atoms with Crippen LogP contribution in [0, 0.1) is 6.92 Å². The Morgan fingerprint density at radius 2 is 1.78 bits per heavy atom. The van der Waals surface area contributed by atoms with Crippen LogP contribution in [0.25, 0.3) is 5.69 Å². The Morgan fingerprint density at radius 1 is 1.11 bits per heavy atom. The van der Waals surface area contributed by atoms with Crippen LogP contribution in [0.3, 0.4) is 0 Å². The van der Waals surface area contributed by atoms with E-state index in [1.165, 1.54) is 5.56 Å². The van der Waals surface area contributed by atoms with E-state index in [-0.39, 0.29) is 12.5 Å². The van der Waals surface area contributed by atoms with Gasteiger partial charge in [0.2, 0.25) is 0 Å². The van der Waals surface area contributed by atoms with Crippen molar-refractivity contribution in [1.29, 1.82) is 0 Å². The third-order valence-corrected chi connectivity index (χ3v) is 4.63. The SMILES string of the molecule is Cc1nn(-c2ccccc2)cc1CNC(CCC(=O)O)Cc1ccccc1. The van der Waals surface area contributed by atoms with E-state index in [2.05, 4.69) is 22.5 Å². The number of hydrogen-bond donors (Lipinski definition) is 2. The maximum atomic E-state index is 11.0. The van der Waals surface area contributed by atoms with Crippen LogP contribution in [0.5, 0.6) is 0 Å². The van der Waals surface area contributed by atoms with Crippen LogP contribution in [-0.2, 0) is 17.8 Å². The Balaban J connectivity index is 1.67. The maximum Gasteiger partial charge on any atom is 0.303 e. The Hall–Kier alpha value is -2.92. The minimum Gasteiger partial charge on any atom is -0.481 e. The highest BCUT2D eigenvalue weighted by Crippen LogP contribution is 2.13. The first-order valence-electron chi connectivity index (χ1n) is 9.21. The number of aromatic nitrogens is 2. The molecule has 1 heterocycles. The average Bonchev–Trinajstić information content (AvgIpc) is 3.06. The second kappa shape index (κ2) is 9.14. The summed E-state index contributed by atoms with van der Waals surface area (Å²) in [7, 11) is 0. The number of nitrogens with zero attached hydrogens (tertiary/aromatic N) is 2.